The van der Waals surface area contributed by atoms with Crippen LogP contribution in [-0.4, -0.2) is 18.3 Å². The molecular weight excluding hydrogens is 282 g/mol. The summed E-state index contributed by atoms with van der Waals surface area (Å²) in [6.45, 7) is 1.85. The largest absolute Gasteiger partial charge is 0.287 e. The van der Waals surface area contributed by atoms with Gasteiger partial charge in [0.05, 0.1) is 9.82 Å². The molecule has 0 saturated carbocycles. The maximum absolute atomic E-state index is 12.0. The number of sulfonamides is 1. The molecule has 2 rings (SSSR count). The van der Waals surface area contributed by atoms with E-state index in [0.29, 0.717) is 0 Å². The summed E-state index contributed by atoms with van der Waals surface area (Å²) in [5, 5.41) is 10.5. The molecule has 0 amide bonds. The Labute approximate surface area is 115 Å². The van der Waals surface area contributed by atoms with Gasteiger partial charge in [0.15, 0.2) is 0 Å². The molecule has 0 saturated heterocycles. The minimum Gasteiger partial charge on any atom is -0.263 e. The van der Waals surface area contributed by atoms with Crippen LogP contribution in [0.1, 0.15) is 5.56 Å². The van der Waals surface area contributed by atoms with Crippen LogP contribution in [-0.2, 0) is 10.0 Å². The summed E-state index contributed by atoms with van der Waals surface area (Å²) in [4.78, 5) is 13.7. The number of benzene rings is 1. The number of hydrogen-bond donors (Lipinski definition) is 1. The van der Waals surface area contributed by atoms with E-state index in [4.69, 9.17) is 0 Å². The summed E-state index contributed by atoms with van der Waals surface area (Å²) in [5.41, 5.74) is 0.737. The van der Waals surface area contributed by atoms with Gasteiger partial charge in [-0.15, -0.1) is 0 Å². The fraction of sp³-hybridized carbons (Fsp3) is 0.0833. The maximum atomic E-state index is 12.0. The van der Waals surface area contributed by atoms with Gasteiger partial charge >= 0.3 is 0 Å². The maximum Gasteiger partial charge on any atom is 0.287 e. The minimum absolute atomic E-state index is 0.0242. The first kappa shape index (κ1) is 13.9. The smallest absolute Gasteiger partial charge is 0.263 e. The molecule has 1 N–H and O–H groups in total. The van der Waals surface area contributed by atoms with Crippen LogP contribution in [0.3, 0.4) is 0 Å². The Hall–Kier alpha value is -2.48. The molecule has 8 heteroatoms. The van der Waals surface area contributed by atoms with Gasteiger partial charge in [0, 0.05) is 6.07 Å². The molecule has 1 aromatic heterocycles. The van der Waals surface area contributed by atoms with E-state index < -0.39 is 14.9 Å². The molecule has 0 atom stereocenters. The van der Waals surface area contributed by atoms with Crippen LogP contribution in [0, 0.1) is 17.0 Å². The van der Waals surface area contributed by atoms with E-state index in [2.05, 4.69) is 9.71 Å². The number of aryl methyl sites for hydroxylation is 1. The Balaban J connectivity index is 2.24. The molecule has 0 aliphatic carbocycles. The molecule has 104 valence electrons. The van der Waals surface area contributed by atoms with Crippen molar-refractivity contribution in [3.05, 3.63) is 58.3 Å². The van der Waals surface area contributed by atoms with E-state index >= 15 is 0 Å². The van der Waals surface area contributed by atoms with Crippen molar-refractivity contribution in [2.45, 2.75) is 11.8 Å². The van der Waals surface area contributed by atoms with Crippen LogP contribution in [0.2, 0.25) is 0 Å². The van der Waals surface area contributed by atoms with Gasteiger partial charge in [-0.25, -0.2) is 13.4 Å². The Morgan fingerprint density at radius 1 is 1.15 bits per heavy atom. The van der Waals surface area contributed by atoms with Crippen LogP contribution in [0.4, 0.5) is 11.5 Å². The average molecular weight is 293 g/mol. The van der Waals surface area contributed by atoms with Crippen molar-refractivity contribution in [1.82, 2.24) is 4.98 Å². The predicted octanol–water partition coefficient (Wildman–Crippen LogP) is 2.10. The molecular formula is C12H11N3O4S. The zero-order valence-electron chi connectivity index (χ0n) is 10.5. The molecule has 0 aliphatic heterocycles. The van der Waals surface area contributed by atoms with Crippen LogP contribution >= 0.6 is 0 Å². The third kappa shape index (κ3) is 3.09. The lowest BCUT2D eigenvalue weighted by atomic mass is 10.2. The van der Waals surface area contributed by atoms with Crippen molar-refractivity contribution in [2.75, 3.05) is 4.72 Å². The van der Waals surface area contributed by atoms with Gasteiger partial charge < -0.3 is 0 Å². The fourth-order valence-corrected chi connectivity index (χ4v) is 2.48. The quantitative estimate of drug-likeness (QED) is 0.687. The highest BCUT2D eigenvalue weighted by Gasteiger charge is 2.15. The first-order chi connectivity index (χ1) is 9.38. The van der Waals surface area contributed by atoms with Crippen LogP contribution in [0.25, 0.3) is 0 Å². The third-order valence-corrected chi connectivity index (χ3v) is 3.90. The standard InChI is InChI=1S/C12H11N3O4S/c1-9-2-5-11(6-3-9)20(18,19)14-12-7-4-10(8-13-12)15(16)17/h2-8H,1H3,(H,13,14). The Morgan fingerprint density at radius 2 is 1.80 bits per heavy atom. The zero-order chi connectivity index (χ0) is 14.8. The van der Waals surface area contributed by atoms with Crippen molar-refractivity contribution in [3.8, 4) is 0 Å². The second-order valence-corrected chi connectivity index (χ2v) is 5.76. The van der Waals surface area contributed by atoms with E-state index in [1.54, 1.807) is 12.1 Å². The molecule has 0 aliphatic rings. The molecule has 2 aromatic rings. The molecule has 7 nitrogen and oxygen atoms in total. The van der Waals surface area contributed by atoms with Crippen molar-refractivity contribution in [1.29, 1.82) is 0 Å². The third-order valence-electron chi connectivity index (χ3n) is 2.53. The Morgan fingerprint density at radius 3 is 2.30 bits per heavy atom. The molecule has 1 heterocycles. The SMILES string of the molecule is Cc1ccc(S(=O)(=O)Nc2ccc([N+](=O)[O-])cn2)cc1. The molecule has 0 radical (unpaired) electrons. The summed E-state index contributed by atoms with van der Waals surface area (Å²) in [6.07, 6.45) is 0.993. The highest BCUT2D eigenvalue weighted by molar-refractivity contribution is 7.92. The molecule has 0 bridgehead atoms. The van der Waals surface area contributed by atoms with Gasteiger partial charge in [-0.05, 0) is 25.1 Å². The number of nitro groups is 1. The van der Waals surface area contributed by atoms with E-state index in [0.717, 1.165) is 11.8 Å². The monoisotopic (exact) mass is 293 g/mol. The highest BCUT2D eigenvalue weighted by Crippen LogP contribution is 2.17. The van der Waals surface area contributed by atoms with Gasteiger partial charge in [0.2, 0.25) is 0 Å². The van der Waals surface area contributed by atoms with Crippen molar-refractivity contribution < 1.29 is 13.3 Å². The summed E-state index contributed by atoms with van der Waals surface area (Å²) >= 11 is 0. The summed E-state index contributed by atoms with van der Waals surface area (Å²) < 4.78 is 26.4. The normalized spacial score (nSPS) is 11.1. The van der Waals surface area contributed by atoms with Gasteiger partial charge in [-0.1, -0.05) is 17.7 Å². The number of nitrogens with zero attached hydrogens (tertiary/aromatic N) is 2. The van der Waals surface area contributed by atoms with Crippen molar-refractivity contribution in [2.24, 2.45) is 0 Å². The summed E-state index contributed by atoms with van der Waals surface area (Å²) in [6, 6.07) is 8.73. The minimum atomic E-state index is -3.75. The van der Waals surface area contributed by atoms with Crippen LogP contribution < -0.4 is 4.72 Å². The molecule has 0 fully saturated rings. The fourth-order valence-electron chi connectivity index (χ4n) is 1.47. The molecule has 0 unspecified atom stereocenters. The number of hydrogen-bond acceptors (Lipinski definition) is 5. The van der Waals surface area contributed by atoms with Crippen LogP contribution in [0.15, 0.2) is 47.5 Å². The number of pyridine rings is 1. The van der Waals surface area contributed by atoms with Gasteiger partial charge in [-0.3, -0.25) is 14.8 Å². The molecule has 20 heavy (non-hydrogen) atoms. The summed E-state index contributed by atoms with van der Waals surface area (Å²) in [7, 11) is -3.75. The molecule has 0 spiro atoms. The second-order valence-electron chi connectivity index (χ2n) is 4.08. The second kappa shape index (κ2) is 5.25. The summed E-state index contributed by atoms with van der Waals surface area (Å²) in [5.74, 6) is 0.0242. The van der Waals surface area contributed by atoms with E-state index in [9.17, 15) is 18.5 Å². The Kier molecular flexibility index (Phi) is 3.66. The number of rotatable bonds is 4. The first-order valence-electron chi connectivity index (χ1n) is 5.58. The average Bonchev–Trinajstić information content (AvgIpc) is 2.39. The van der Waals surface area contributed by atoms with Gasteiger partial charge in [0.25, 0.3) is 15.7 Å². The lowest BCUT2D eigenvalue weighted by Crippen LogP contribution is -2.13. The zero-order valence-corrected chi connectivity index (χ0v) is 11.3. The highest BCUT2D eigenvalue weighted by atomic mass is 32.2. The number of nitrogens with one attached hydrogen (secondary N) is 1. The van der Waals surface area contributed by atoms with Crippen LogP contribution in [0.5, 0.6) is 0 Å². The topological polar surface area (TPSA) is 102 Å². The van der Waals surface area contributed by atoms with Gasteiger partial charge in [0.1, 0.15) is 12.0 Å². The number of anilines is 1. The lowest BCUT2D eigenvalue weighted by molar-refractivity contribution is -0.385. The lowest BCUT2D eigenvalue weighted by Gasteiger charge is -2.07. The van der Waals surface area contributed by atoms with E-state index in [1.807, 2.05) is 6.92 Å². The van der Waals surface area contributed by atoms with Crippen molar-refractivity contribution in [3.63, 3.8) is 0 Å². The number of aromatic nitrogens is 1. The van der Waals surface area contributed by atoms with Crippen molar-refractivity contribution >= 4 is 21.5 Å². The molecule has 1 aromatic carbocycles. The Bertz CT molecular complexity index is 724. The van der Waals surface area contributed by atoms with E-state index in [1.165, 1.54) is 24.3 Å². The first-order valence-corrected chi connectivity index (χ1v) is 7.07. The predicted molar refractivity (Wildman–Crippen MR) is 72.9 cm³/mol. The van der Waals surface area contributed by atoms with Gasteiger partial charge in [-0.2, -0.15) is 0 Å². The van der Waals surface area contributed by atoms with E-state index in [-0.39, 0.29) is 16.4 Å².